The maximum absolute atomic E-state index is 12.7. The van der Waals surface area contributed by atoms with Crippen molar-refractivity contribution in [3.8, 4) is 0 Å². The summed E-state index contributed by atoms with van der Waals surface area (Å²) < 4.78 is 12.7. The molecule has 2 nitrogen and oxygen atoms in total. The predicted molar refractivity (Wildman–Crippen MR) is 36.1 cm³/mol. The average molecular weight is 136 g/mol. The molecule has 0 fully saturated rings. The van der Waals surface area contributed by atoms with Crippen LogP contribution >= 0.6 is 0 Å². The lowest BCUT2D eigenvalue weighted by Gasteiger charge is -1.84. The fourth-order valence-electron chi connectivity index (χ4n) is 0.930. The van der Waals surface area contributed by atoms with Crippen LogP contribution in [0.25, 0.3) is 10.9 Å². The van der Waals surface area contributed by atoms with Crippen molar-refractivity contribution in [1.82, 2.24) is 9.97 Å². The van der Waals surface area contributed by atoms with E-state index in [0.717, 1.165) is 5.52 Å². The normalized spacial score (nSPS) is 10.5. The number of hydrogen-bond acceptors (Lipinski definition) is 1. The van der Waals surface area contributed by atoms with Crippen molar-refractivity contribution < 1.29 is 4.39 Å². The second-order valence-electron chi connectivity index (χ2n) is 2.06. The van der Waals surface area contributed by atoms with Gasteiger partial charge in [0.25, 0.3) is 0 Å². The van der Waals surface area contributed by atoms with Gasteiger partial charge in [0.15, 0.2) is 0 Å². The standard InChI is InChI=1S/C7H5FN2/c8-6-4-10-7-1-2-9-3-5(6)7/h1-4,10H. The van der Waals surface area contributed by atoms with Gasteiger partial charge in [-0.2, -0.15) is 0 Å². The molecule has 10 heavy (non-hydrogen) atoms. The van der Waals surface area contributed by atoms with Gasteiger partial charge in [-0.1, -0.05) is 0 Å². The first-order valence-corrected chi connectivity index (χ1v) is 2.94. The summed E-state index contributed by atoms with van der Waals surface area (Å²) in [5.41, 5.74) is 0.785. The fourth-order valence-corrected chi connectivity index (χ4v) is 0.930. The molecule has 0 bridgehead atoms. The molecule has 2 aromatic rings. The Morgan fingerprint density at radius 2 is 2.40 bits per heavy atom. The second-order valence-corrected chi connectivity index (χ2v) is 2.06. The van der Waals surface area contributed by atoms with Crippen LogP contribution in [0.5, 0.6) is 0 Å². The van der Waals surface area contributed by atoms with Crippen LogP contribution in [0.2, 0.25) is 0 Å². The number of nitrogens with one attached hydrogen (secondary N) is 1. The van der Waals surface area contributed by atoms with E-state index in [9.17, 15) is 4.39 Å². The maximum atomic E-state index is 12.7. The minimum atomic E-state index is -0.247. The predicted octanol–water partition coefficient (Wildman–Crippen LogP) is 1.70. The van der Waals surface area contributed by atoms with Crippen molar-refractivity contribution in [2.45, 2.75) is 0 Å². The van der Waals surface area contributed by atoms with E-state index in [1.165, 1.54) is 12.4 Å². The fraction of sp³-hybridized carbons (Fsp3) is 0. The van der Waals surface area contributed by atoms with Crippen molar-refractivity contribution in [3.63, 3.8) is 0 Å². The summed E-state index contributed by atoms with van der Waals surface area (Å²) in [5, 5.41) is 0.544. The first-order chi connectivity index (χ1) is 4.88. The van der Waals surface area contributed by atoms with Crippen LogP contribution in [-0.2, 0) is 0 Å². The Kier molecular flexibility index (Phi) is 0.974. The lowest BCUT2D eigenvalue weighted by atomic mass is 10.3. The summed E-state index contributed by atoms with van der Waals surface area (Å²) in [6, 6.07) is 1.73. The highest BCUT2D eigenvalue weighted by Crippen LogP contribution is 2.13. The Labute approximate surface area is 56.7 Å². The molecule has 0 saturated heterocycles. The summed E-state index contributed by atoms with van der Waals surface area (Å²) in [5.74, 6) is -0.247. The third-order valence-corrected chi connectivity index (χ3v) is 1.43. The SMILES string of the molecule is Fc1c[nH]c2ccncc12. The molecule has 1 N–H and O–H groups in total. The van der Waals surface area contributed by atoms with Crippen LogP contribution in [0, 0.1) is 5.82 Å². The number of fused-ring (bicyclic) bond motifs is 1. The van der Waals surface area contributed by atoms with Crippen molar-refractivity contribution in [3.05, 3.63) is 30.5 Å². The Hall–Kier alpha value is -1.38. The average Bonchev–Trinajstić information content (AvgIpc) is 2.34. The maximum Gasteiger partial charge on any atom is 0.150 e. The summed E-state index contributed by atoms with van der Waals surface area (Å²) in [7, 11) is 0. The molecular weight excluding hydrogens is 131 g/mol. The van der Waals surface area contributed by atoms with Gasteiger partial charge in [0.2, 0.25) is 0 Å². The van der Waals surface area contributed by atoms with E-state index in [4.69, 9.17) is 0 Å². The van der Waals surface area contributed by atoms with Crippen molar-refractivity contribution in [2.75, 3.05) is 0 Å². The zero-order valence-electron chi connectivity index (χ0n) is 5.13. The van der Waals surface area contributed by atoms with Gasteiger partial charge >= 0.3 is 0 Å². The lowest BCUT2D eigenvalue weighted by molar-refractivity contribution is 0.639. The third kappa shape index (κ3) is 0.603. The highest BCUT2D eigenvalue weighted by molar-refractivity contribution is 5.78. The molecule has 0 aliphatic heterocycles. The van der Waals surface area contributed by atoms with E-state index in [-0.39, 0.29) is 5.82 Å². The largest absolute Gasteiger partial charge is 0.358 e. The molecule has 0 amide bonds. The monoisotopic (exact) mass is 136 g/mol. The molecule has 0 atom stereocenters. The molecular formula is C7H5FN2. The Morgan fingerprint density at radius 1 is 1.50 bits per heavy atom. The molecule has 0 aliphatic carbocycles. The number of pyridine rings is 1. The Morgan fingerprint density at radius 3 is 3.20 bits per heavy atom. The molecule has 2 aromatic heterocycles. The Balaban J connectivity index is 2.93. The van der Waals surface area contributed by atoms with E-state index < -0.39 is 0 Å². The van der Waals surface area contributed by atoms with Gasteiger partial charge in [0, 0.05) is 18.6 Å². The highest BCUT2D eigenvalue weighted by atomic mass is 19.1. The quantitative estimate of drug-likeness (QED) is 0.586. The molecule has 0 saturated carbocycles. The zero-order valence-corrected chi connectivity index (χ0v) is 5.13. The van der Waals surface area contributed by atoms with Gasteiger partial charge in [0.05, 0.1) is 10.9 Å². The van der Waals surface area contributed by atoms with E-state index in [1.54, 1.807) is 12.3 Å². The molecule has 2 heterocycles. The molecule has 2 rings (SSSR count). The van der Waals surface area contributed by atoms with Gasteiger partial charge in [-0.25, -0.2) is 4.39 Å². The number of aromatic amines is 1. The van der Waals surface area contributed by atoms with Crippen molar-refractivity contribution in [2.24, 2.45) is 0 Å². The molecule has 3 heteroatoms. The number of nitrogens with zero attached hydrogens (tertiary/aromatic N) is 1. The minimum absolute atomic E-state index is 0.247. The van der Waals surface area contributed by atoms with E-state index in [1.807, 2.05) is 0 Å². The molecule has 0 aromatic carbocycles. The first-order valence-electron chi connectivity index (χ1n) is 2.94. The summed E-state index contributed by atoms with van der Waals surface area (Å²) >= 11 is 0. The van der Waals surface area contributed by atoms with Crippen LogP contribution in [0.4, 0.5) is 4.39 Å². The summed E-state index contributed by atoms with van der Waals surface area (Å²) in [4.78, 5) is 6.56. The second kappa shape index (κ2) is 1.80. The molecule has 0 aliphatic rings. The molecule has 0 spiro atoms. The number of H-pyrrole nitrogens is 1. The van der Waals surface area contributed by atoms with Crippen LogP contribution < -0.4 is 0 Å². The van der Waals surface area contributed by atoms with Crippen LogP contribution in [0.15, 0.2) is 24.7 Å². The number of aromatic nitrogens is 2. The van der Waals surface area contributed by atoms with Gasteiger partial charge in [-0.3, -0.25) is 4.98 Å². The van der Waals surface area contributed by atoms with Crippen LogP contribution in [0.3, 0.4) is 0 Å². The number of hydrogen-bond donors (Lipinski definition) is 1. The zero-order chi connectivity index (χ0) is 6.97. The third-order valence-electron chi connectivity index (χ3n) is 1.43. The van der Waals surface area contributed by atoms with Gasteiger partial charge in [0.1, 0.15) is 5.82 Å². The van der Waals surface area contributed by atoms with Gasteiger partial charge < -0.3 is 4.98 Å². The van der Waals surface area contributed by atoms with E-state index in [2.05, 4.69) is 9.97 Å². The molecule has 50 valence electrons. The molecule has 0 unspecified atom stereocenters. The minimum Gasteiger partial charge on any atom is -0.358 e. The van der Waals surface area contributed by atoms with Gasteiger partial charge in [-0.15, -0.1) is 0 Å². The smallest absolute Gasteiger partial charge is 0.150 e. The Bertz CT molecular complexity index is 353. The van der Waals surface area contributed by atoms with Crippen molar-refractivity contribution >= 4 is 10.9 Å². The summed E-state index contributed by atoms with van der Waals surface area (Å²) in [6.07, 6.45) is 4.45. The van der Waals surface area contributed by atoms with Crippen molar-refractivity contribution in [1.29, 1.82) is 0 Å². The van der Waals surface area contributed by atoms with Gasteiger partial charge in [-0.05, 0) is 6.07 Å². The summed E-state index contributed by atoms with van der Waals surface area (Å²) in [6.45, 7) is 0. The van der Waals surface area contributed by atoms with E-state index in [0.29, 0.717) is 5.39 Å². The lowest BCUT2D eigenvalue weighted by Crippen LogP contribution is -1.70. The van der Waals surface area contributed by atoms with Crippen LogP contribution in [0.1, 0.15) is 0 Å². The highest BCUT2D eigenvalue weighted by Gasteiger charge is 1.99. The molecule has 0 radical (unpaired) electrons. The van der Waals surface area contributed by atoms with E-state index >= 15 is 0 Å². The number of rotatable bonds is 0. The number of halogens is 1. The first kappa shape index (κ1) is 5.41. The topological polar surface area (TPSA) is 28.7 Å². The van der Waals surface area contributed by atoms with Crippen LogP contribution in [-0.4, -0.2) is 9.97 Å².